The zero-order valence-electron chi connectivity index (χ0n) is 6.34. The van der Waals surface area contributed by atoms with Gasteiger partial charge in [-0.15, -0.1) is 0 Å². The Kier molecular flexibility index (Phi) is 3.37. The SMILES string of the molecule is OCc1ncc(C(F)F)c(I)c1O. The van der Waals surface area contributed by atoms with Crippen LogP contribution in [0.3, 0.4) is 0 Å². The average Bonchev–Trinajstić information content (AvgIpc) is 2.09. The zero-order chi connectivity index (χ0) is 10.0. The van der Waals surface area contributed by atoms with E-state index in [4.69, 9.17) is 5.11 Å². The van der Waals surface area contributed by atoms with Gasteiger partial charge in [0.05, 0.1) is 15.7 Å². The van der Waals surface area contributed by atoms with Gasteiger partial charge in [-0.25, -0.2) is 8.78 Å². The van der Waals surface area contributed by atoms with Crippen molar-refractivity contribution in [3.05, 3.63) is 21.0 Å². The Balaban J connectivity index is 3.23. The fraction of sp³-hybridized carbons (Fsp3) is 0.286. The molecule has 2 N–H and O–H groups in total. The lowest BCUT2D eigenvalue weighted by atomic mass is 10.2. The van der Waals surface area contributed by atoms with Crippen LogP contribution in [0.15, 0.2) is 6.20 Å². The molecule has 0 atom stereocenters. The fourth-order valence-corrected chi connectivity index (χ4v) is 1.48. The number of hydrogen-bond acceptors (Lipinski definition) is 3. The molecule has 1 aromatic rings. The van der Waals surface area contributed by atoms with Crippen molar-refractivity contribution in [2.75, 3.05) is 0 Å². The van der Waals surface area contributed by atoms with E-state index >= 15 is 0 Å². The summed E-state index contributed by atoms with van der Waals surface area (Å²) in [5.41, 5.74) is -0.316. The van der Waals surface area contributed by atoms with Gasteiger partial charge < -0.3 is 10.2 Å². The molecule has 3 nitrogen and oxygen atoms in total. The molecule has 13 heavy (non-hydrogen) atoms. The van der Waals surface area contributed by atoms with Crippen LogP contribution < -0.4 is 0 Å². The molecule has 0 saturated carbocycles. The van der Waals surface area contributed by atoms with Gasteiger partial charge in [0.1, 0.15) is 5.69 Å². The lowest BCUT2D eigenvalue weighted by molar-refractivity contribution is 0.149. The van der Waals surface area contributed by atoms with Crippen molar-refractivity contribution >= 4 is 22.6 Å². The maximum Gasteiger partial charge on any atom is 0.266 e. The Morgan fingerprint density at radius 1 is 1.54 bits per heavy atom. The van der Waals surface area contributed by atoms with E-state index in [1.807, 2.05) is 0 Å². The van der Waals surface area contributed by atoms with E-state index in [0.29, 0.717) is 0 Å². The van der Waals surface area contributed by atoms with Crippen LogP contribution in [0.25, 0.3) is 0 Å². The van der Waals surface area contributed by atoms with Crippen LogP contribution in [-0.4, -0.2) is 15.2 Å². The number of aliphatic hydroxyl groups excluding tert-OH is 1. The molecule has 0 aromatic carbocycles. The normalized spacial score (nSPS) is 10.8. The third-order valence-corrected chi connectivity index (χ3v) is 2.61. The molecule has 0 unspecified atom stereocenters. The lowest BCUT2D eigenvalue weighted by Gasteiger charge is -2.07. The van der Waals surface area contributed by atoms with Crippen molar-refractivity contribution in [2.24, 2.45) is 0 Å². The molecular weight excluding hydrogens is 295 g/mol. The number of aliphatic hydroxyl groups is 1. The molecular formula is C7H6F2INO2. The summed E-state index contributed by atoms with van der Waals surface area (Å²) in [5, 5.41) is 17.9. The molecule has 0 aliphatic carbocycles. The number of rotatable bonds is 2. The molecule has 0 saturated heterocycles. The Labute approximate surface area is 86.6 Å². The van der Waals surface area contributed by atoms with E-state index in [1.54, 1.807) is 22.6 Å². The summed E-state index contributed by atoms with van der Waals surface area (Å²) in [4.78, 5) is 3.49. The number of alkyl halides is 2. The summed E-state index contributed by atoms with van der Waals surface area (Å²) in [6, 6.07) is 0. The van der Waals surface area contributed by atoms with Crippen molar-refractivity contribution in [3.8, 4) is 5.75 Å². The molecule has 0 spiro atoms. The second kappa shape index (κ2) is 4.14. The lowest BCUT2D eigenvalue weighted by Crippen LogP contribution is -1.97. The number of pyridine rings is 1. The second-order valence-electron chi connectivity index (χ2n) is 2.28. The molecule has 1 rings (SSSR count). The number of hydrogen-bond donors (Lipinski definition) is 2. The molecule has 6 heteroatoms. The van der Waals surface area contributed by atoms with Crippen molar-refractivity contribution in [1.82, 2.24) is 4.98 Å². The van der Waals surface area contributed by atoms with Crippen molar-refractivity contribution in [2.45, 2.75) is 13.0 Å². The summed E-state index contributed by atoms with van der Waals surface area (Å²) in [5.74, 6) is -0.374. The van der Waals surface area contributed by atoms with Gasteiger partial charge in [-0.3, -0.25) is 4.98 Å². The molecule has 72 valence electrons. The smallest absolute Gasteiger partial charge is 0.266 e. The second-order valence-corrected chi connectivity index (χ2v) is 3.36. The fourth-order valence-electron chi connectivity index (χ4n) is 0.797. The van der Waals surface area contributed by atoms with E-state index in [0.717, 1.165) is 6.20 Å². The van der Waals surface area contributed by atoms with E-state index in [9.17, 15) is 13.9 Å². The number of aromatic nitrogens is 1. The molecule has 0 aliphatic rings. The Morgan fingerprint density at radius 2 is 2.15 bits per heavy atom. The number of aromatic hydroxyl groups is 1. The Bertz CT molecular complexity index is 320. The number of halogens is 3. The molecule has 0 fully saturated rings. The highest BCUT2D eigenvalue weighted by Crippen LogP contribution is 2.31. The summed E-state index contributed by atoms with van der Waals surface area (Å²) in [7, 11) is 0. The van der Waals surface area contributed by atoms with Crippen LogP contribution in [0, 0.1) is 3.57 Å². The van der Waals surface area contributed by atoms with Crippen molar-refractivity contribution < 1.29 is 19.0 Å². The van der Waals surface area contributed by atoms with E-state index in [1.165, 1.54) is 0 Å². The van der Waals surface area contributed by atoms with Gasteiger partial charge in [-0.05, 0) is 22.6 Å². The van der Waals surface area contributed by atoms with Crippen molar-refractivity contribution in [3.63, 3.8) is 0 Å². The molecule has 1 heterocycles. The number of nitrogens with zero attached hydrogens (tertiary/aromatic N) is 1. The monoisotopic (exact) mass is 301 g/mol. The van der Waals surface area contributed by atoms with Crippen LogP contribution in [0.4, 0.5) is 8.78 Å². The standard InChI is InChI=1S/C7H6F2INO2/c8-7(9)3-1-11-4(2-12)6(13)5(3)10/h1,7,12-13H,2H2. The van der Waals surface area contributed by atoms with Gasteiger partial charge in [-0.1, -0.05) is 0 Å². The Morgan fingerprint density at radius 3 is 2.62 bits per heavy atom. The molecule has 0 radical (unpaired) electrons. The minimum Gasteiger partial charge on any atom is -0.505 e. The quantitative estimate of drug-likeness (QED) is 0.819. The van der Waals surface area contributed by atoms with Gasteiger partial charge in [0.15, 0.2) is 5.75 Å². The van der Waals surface area contributed by atoms with Gasteiger partial charge in [-0.2, -0.15) is 0 Å². The van der Waals surface area contributed by atoms with Crippen LogP contribution in [0.2, 0.25) is 0 Å². The van der Waals surface area contributed by atoms with E-state index in [2.05, 4.69) is 4.98 Å². The van der Waals surface area contributed by atoms with E-state index < -0.39 is 13.0 Å². The maximum atomic E-state index is 12.2. The van der Waals surface area contributed by atoms with Gasteiger partial charge in [0.2, 0.25) is 0 Å². The Hall–Kier alpha value is -0.500. The molecule has 1 aromatic heterocycles. The highest BCUT2D eigenvalue weighted by Gasteiger charge is 2.17. The highest BCUT2D eigenvalue weighted by molar-refractivity contribution is 14.1. The molecule has 0 aliphatic heterocycles. The average molecular weight is 301 g/mol. The first-order chi connectivity index (χ1) is 6.07. The predicted molar refractivity (Wildman–Crippen MR) is 49.5 cm³/mol. The maximum absolute atomic E-state index is 12.2. The van der Waals surface area contributed by atoms with Crippen molar-refractivity contribution in [1.29, 1.82) is 0 Å². The third-order valence-electron chi connectivity index (χ3n) is 1.48. The predicted octanol–water partition coefficient (Wildman–Crippen LogP) is 1.82. The summed E-state index contributed by atoms with van der Waals surface area (Å²) < 4.78 is 24.5. The highest BCUT2D eigenvalue weighted by atomic mass is 127. The zero-order valence-corrected chi connectivity index (χ0v) is 8.49. The summed E-state index contributed by atoms with van der Waals surface area (Å²) in [6.07, 6.45) is -1.71. The van der Waals surface area contributed by atoms with Crippen LogP contribution >= 0.6 is 22.6 Å². The first-order valence-electron chi connectivity index (χ1n) is 3.33. The van der Waals surface area contributed by atoms with Crippen LogP contribution in [0.5, 0.6) is 5.75 Å². The van der Waals surface area contributed by atoms with E-state index in [-0.39, 0.29) is 20.6 Å². The summed E-state index contributed by atoms with van der Waals surface area (Å²) >= 11 is 1.59. The van der Waals surface area contributed by atoms with Crippen LogP contribution in [-0.2, 0) is 6.61 Å². The summed E-state index contributed by atoms with van der Waals surface area (Å²) in [6.45, 7) is -0.467. The third kappa shape index (κ3) is 2.05. The largest absolute Gasteiger partial charge is 0.505 e. The van der Waals surface area contributed by atoms with Crippen LogP contribution in [0.1, 0.15) is 17.7 Å². The molecule has 0 bridgehead atoms. The minimum atomic E-state index is -2.67. The first-order valence-corrected chi connectivity index (χ1v) is 4.41. The molecule has 0 amide bonds. The van der Waals surface area contributed by atoms with Gasteiger partial charge in [0, 0.05) is 6.20 Å². The topological polar surface area (TPSA) is 53.4 Å². The van der Waals surface area contributed by atoms with Gasteiger partial charge in [0.25, 0.3) is 6.43 Å². The van der Waals surface area contributed by atoms with Gasteiger partial charge >= 0.3 is 0 Å². The minimum absolute atomic E-state index is 0.00815. The first kappa shape index (κ1) is 10.6.